The van der Waals surface area contributed by atoms with E-state index < -0.39 is 0 Å². The van der Waals surface area contributed by atoms with Crippen molar-refractivity contribution in [1.82, 2.24) is 4.90 Å². The Labute approximate surface area is 156 Å². The first-order valence-electron chi connectivity index (χ1n) is 10.5. The molecular weight excluding hydrogens is 306 g/mol. The van der Waals surface area contributed by atoms with Crippen LogP contribution in [0.4, 0.5) is 0 Å². The van der Waals surface area contributed by atoms with Gasteiger partial charge in [0.05, 0.1) is 0 Å². The topological polar surface area (TPSA) is 20.3 Å². The van der Waals surface area contributed by atoms with Crippen molar-refractivity contribution in [3.05, 3.63) is 35.9 Å². The Balaban J connectivity index is 2.39. The van der Waals surface area contributed by atoms with E-state index in [-0.39, 0.29) is 5.91 Å². The lowest BCUT2D eigenvalue weighted by Crippen LogP contribution is -2.33. The van der Waals surface area contributed by atoms with E-state index in [0.29, 0.717) is 0 Å². The third-order valence-corrected chi connectivity index (χ3v) is 4.80. The van der Waals surface area contributed by atoms with E-state index in [9.17, 15) is 4.79 Å². The molecule has 0 saturated carbocycles. The van der Waals surface area contributed by atoms with E-state index >= 15 is 0 Å². The number of carbonyl (C=O) groups is 1. The van der Waals surface area contributed by atoms with Gasteiger partial charge in [-0.25, -0.2) is 0 Å². The summed E-state index contributed by atoms with van der Waals surface area (Å²) in [6, 6.07) is 10.5. The summed E-state index contributed by atoms with van der Waals surface area (Å²) in [4.78, 5) is 14.9. The van der Waals surface area contributed by atoms with Crippen LogP contribution in [0.3, 0.4) is 0 Å². The minimum absolute atomic E-state index is 0.180. The van der Waals surface area contributed by atoms with Crippen molar-refractivity contribution >= 4 is 5.91 Å². The normalized spacial score (nSPS) is 10.8. The third-order valence-electron chi connectivity index (χ3n) is 4.80. The second-order valence-corrected chi connectivity index (χ2v) is 7.12. The highest BCUT2D eigenvalue weighted by molar-refractivity contribution is 5.94. The molecular formula is C23H38NO. The summed E-state index contributed by atoms with van der Waals surface area (Å²) in [7, 11) is 0. The Hall–Kier alpha value is -1.31. The molecule has 0 aliphatic rings. The van der Waals surface area contributed by atoms with Crippen molar-refractivity contribution in [3.63, 3.8) is 0 Å². The SMILES string of the molecule is CCCCCCCCN(CCCCCCCC)C(=O)c1c[c]ccc1. The zero-order valence-electron chi connectivity index (χ0n) is 16.6. The van der Waals surface area contributed by atoms with Crippen LogP contribution in [0.15, 0.2) is 24.3 Å². The van der Waals surface area contributed by atoms with Crippen LogP contribution < -0.4 is 0 Å². The van der Waals surface area contributed by atoms with E-state index in [1.165, 1.54) is 64.2 Å². The van der Waals surface area contributed by atoms with Crippen molar-refractivity contribution in [2.45, 2.75) is 90.9 Å². The molecule has 2 nitrogen and oxygen atoms in total. The van der Waals surface area contributed by atoms with Gasteiger partial charge in [0, 0.05) is 18.7 Å². The summed E-state index contributed by atoms with van der Waals surface area (Å²) >= 11 is 0. The average Bonchev–Trinajstić information content (AvgIpc) is 2.65. The fourth-order valence-electron chi connectivity index (χ4n) is 3.19. The molecule has 0 unspecified atom stereocenters. The largest absolute Gasteiger partial charge is 0.339 e. The van der Waals surface area contributed by atoms with E-state index in [4.69, 9.17) is 0 Å². The van der Waals surface area contributed by atoms with Crippen molar-refractivity contribution in [2.24, 2.45) is 0 Å². The van der Waals surface area contributed by atoms with Crippen LogP contribution in [0.5, 0.6) is 0 Å². The number of unbranched alkanes of at least 4 members (excludes halogenated alkanes) is 10. The van der Waals surface area contributed by atoms with Crippen LogP contribution in [0.1, 0.15) is 101 Å². The fourth-order valence-corrected chi connectivity index (χ4v) is 3.19. The minimum atomic E-state index is 0.180. The molecule has 1 radical (unpaired) electrons. The molecule has 2 heteroatoms. The molecule has 1 aromatic carbocycles. The first-order chi connectivity index (χ1) is 12.3. The van der Waals surface area contributed by atoms with Gasteiger partial charge >= 0.3 is 0 Å². The number of amides is 1. The molecule has 25 heavy (non-hydrogen) atoms. The van der Waals surface area contributed by atoms with Gasteiger partial charge in [-0.2, -0.15) is 0 Å². The van der Waals surface area contributed by atoms with Crippen LogP contribution in [0.25, 0.3) is 0 Å². The summed E-state index contributed by atoms with van der Waals surface area (Å²) in [5.41, 5.74) is 0.777. The zero-order chi connectivity index (χ0) is 18.2. The van der Waals surface area contributed by atoms with Crippen LogP contribution in [-0.2, 0) is 0 Å². The predicted octanol–water partition coefficient (Wildman–Crippen LogP) is 6.65. The number of hydrogen-bond donors (Lipinski definition) is 0. The summed E-state index contributed by atoms with van der Waals surface area (Å²) in [6.45, 7) is 6.29. The quantitative estimate of drug-likeness (QED) is 0.326. The monoisotopic (exact) mass is 344 g/mol. The van der Waals surface area contributed by atoms with Crippen LogP contribution in [-0.4, -0.2) is 23.9 Å². The van der Waals surface area contributed by atoms with E-state index in [1.54, 1.807) is 0 Å². The van der Waals surface area contributed by atoms with Gasteiger partial charge < -0.3 is 4.90 Å². The van der Waals surface area contributed by atoms with E-state index in [1.807, 2.05) is 24.3 Å². The summed E-state index contributed by atoms with van der Waals surface area (Å²) < 4.78 is 0. The van der Waals surface area contributed by atoms with Crippen LogP contribution in [0.2, 0.25) is 0 Å². The average molecular weight is 345 g/mol. The van der Waals surface area contributed by atoms with Gasteiger partial charge in [0.25, 0.3) is 5.91 Å². The van der Waals surface area contributed by atoms with Crippen molar-refractivity contribution in [2.75, 3.05) is 13.1 Å². The first-order valence-corrected chi connectivity index (χ1v) is 10.5. The molecule has 1 amide bonds. The molecule has 0 bridgehead atoms. The van der Waals surface area contributed by atoms with Crippen molar-refractivity contribution in [1.29, 1.82) is 0 Å². The fraction of sp³-hybridized carbons (Fsp3) is 0.696. The maximum absolute atomic E-state index is 12.8. The smallest absolute Gasteiger partial charge is 0.253 e. The Morgan fingerprint density at radius 1 is 0.840 bits per heavy atom. The molecule has 141 valence electrons. The number of rotatable bonds is 15. The van der Waals surface area contributed by atoms with E-state index in [0.717, 1.165) is 31.5 Å². The van der Waals surface area contributed by atoms with Crippen LogP contribution in [0, 0.1) is 6.07 Å². The Kier molecular flexibility index (Phi) is 13.0. The third kappa shape index (κ3) is 10.3. The Morgan fingerprint density at radius 3 is 1.84 bits per heavy atom. The Bertz CT molecular complexity index is 413. The van der Waals surface area contributed by atoms with Gasteiger partial charge in [-0.15, -0.1) is 0 Å². The number of benzene rings is 1. The molecule has 0 aliphatic carbocycles. The molecule has 0 aromatic heterocycles. The lowest BCUT2D eigenvalue weighted by atomic mass is 10.1. The van der Waals surface area contributed by atoms with Gasteiger partial charge in [0.15, 0.2) is 0 Å². The molecule has 0 aliphatic heterocycles. The highest BCUT2D eigenvalue weighted by Gasteiger charge is 2.14. The van der Waals surface area contributed by atoms with Crippen LogP contribution >= 0.6 is 0 Å². The summed E-state index contributed by atoms with van der Waals surface area (Å²) in [5.74, 6) is 0.180. The van der Waals surface area contributed by atoms with Gasteiger partial charge in [0.2, 0.25) is 0 Å². The highest BCUT2D eigenvalue weighted by Crippen LogP contribution is 2.12. The molecule has 0 atom stereocenters. The number of carbonyl (C=O) groups excluding carboxylic acids is 1. The van der Waals surface area contributed by atoms with Gasteiger partial charge in [-0.1, -0.05) is 90.2 Å². The van der Waals surface area contributed by atoms with E-state index in [2.05, 4.69) is 24.8 Å². The van der Waals surface area contributed by atoms with Crippen molar-refractivity contribution in [3.8, 4) is 0 Å². The molecule has 0 spiro atoms. The minimum Gasteiger partial charge on any atom is -0.339 e. The summed E-state index contributed by atoms with van der Waals surface area (Å²) in [5, 5.41) is 0. The second kappa shape index (κ2) is 15.0. The van der Waals surface area contributed by atoms with Crippen molar-refractivity contribution < 1.29 is 4.79 Å². The molecule has 0 heterocycles. The standard InChI is InChI=1S/C23H38NO/c1-3-5-7-9-11-16-20-24(21-17-12-10-8-6-4-2)23(25)22-18-14-13-15-19-22/h13-14,18-19H,3-12,16-17,20-21H2,1-2H3. The summed E-state index contributed by atoms with van der Waals surface area (Å²) in [6.07, 6.45) is 15.2. The first kappa shape index (κ1) is 21.7. The molecule has 0 fully saturated rings. The lowest BCUT2D eigenvalue weighted by molar-refractivity contribution is 0.0749. The molecule has 0 saturated heterocycles. The van der Waals surface area contributed by atoms with Gasteiger partial charge in [-0.05, 0) is 31.0 Å². The predicted molar refractivity (Wildman–Crippen MR) is 108 cm³/mol. The van der Waals surface area contributed by atoms with Gasteiger partial charge in [-0.3, -0.25) is 4.79 Å². The Morgan fingerprint density at radius 2 is 1.36 bits per heavy atom. The number of hydrogen-bond acceptors (Lipinski definition) is 1. The molecule has 0 N–H and O–H groups in total. The molecule has 1 rings (SSSR count). The maximum Gasteiger partial charge on any atom is 0.253 e. The molecule has 1 aromatic rings. The van der Waals surface area contributed by atoms with Gasteiger partial charge in [0.1, 0.15) is 0 Å². The highest BCUT2D eigenvalue weighted by atomic mass is 16.2. The second-order valence-electron chi connectivity index (χ2n) is 7.12. The zero-order valence-corrected chi connectivity index (χ0v) is 16.6. The lowest BCUT2D eigenvalue weighted by Gasteiger charge is -2.23. The maximum atomic E-state index is 12.8. The number of nitrogens with zero attached hydrogens (tertiary/aromatic N) is 1.